The van der Waals surface area contributed by atoms with Gasteiger partial charge in [0.2, 0.25) is 5.91 Å². The van der Waals surface area contributed by atoms with Crippen molar-refractivity contribution in [3.8, 4) is 0 Å². The van der Waals surface area contributed by atoms with Crippen molar-refractivity contribution in [3.63, 3.8) is 0 Å². The van der Waals surface area contributed by atoms with E-state index >= 15 is 0 Å². The Morgan fingerprint density at radius 3 is 2.57 bits per heavy atom. The molecule has 0 spiro atoms. The van der Waals surface area contributed by atoms with Crippen LogP contribution in [0.1, 0.15) is 31.2 Å². The summed E-state index contributed by atoms with van der Waals surface area (Å²) in [5, 5.41) is 2.67. The molecule has 6 nitrogen and oxygen atoms in total. The van der Waals surface area contributed by atoms with Crippen molar-refractivity contribution in [2.45, 2.75) is 31.9 Å². The largest absolute Gasteiger partial charge is 0.416 e. The number of anilines is 2. The van der Waals surface area contributed by atoms with E-state index in [-0.39, 0.29) is 30.0 Å². The number of carbonyl (C=O) groups is 2. The SMILES string of the molecule is NC(=O)[C@H]1CCC[NH+](CC(=O)Nc2cc(C(F)(F)F)ccc2N2CCCC2)C1. The van der Waals surface area contributed by atoms with E-state index < -0.39 is 11.7 Å². The molecule has 1 unspecified atom stereocenters. The summed E-state index contributed by atoms with van der Waals surface area (Å²) in [7, 11) is 0. The van der Waals surface area contributed by atoms with Crippen LogP contribution in [0.15, 0.2) is 18.2 Å². The molecule has 2 saturated heterocycles. The van der Waals surface area contributed by atoms with E-state index in [1.165, 1.54) is 6.07 Å². The maximum absolute atomic E-state index is 13.1. The summed E-state index contributed by atoms with van der Waals surface area (Å²) in [6.07, 6.45) is -1.02. The Morgan fingerprint density at radius 1 is 1.21 bits per heavy atom. The van der Waals surface area contributed by atoms with Gasteiger partial charge in [0, 0.05) is 13.1 Å². The fourth-order valence-corrected chi connectivity index (χ4v) is 4.02. The lowest BCUT2D eigenvalue weighted by Gasteiger charge is -2.28. The van der Waals surface area contributed by atoms with Gasteiger partial charge >= 0.3 is 6.18 Å². The number of piperidine rings is 1. The predicted molar refractivity (Wildman–Crippen MR) is 99.0 cm³/mol. The van der Waals surface area contributed by atoms with E-state index in [4.69, 9.17) is 5.73 Å². The van der Waals surface area contributed by atoms with E-state index in [1.807, 2.05) is 4.90 Å². The van der Waals surface area contributed by atoms with Gasteiger partial charge in [-0.25, -0.2) is 0 Å². The van der Waals surface area contributed by atoms with E-state index in [0.717, 1.165) is 55.9 Å². The molecule has 2 amide bonds. The van der Waals surface area contributed by atoms with E-state index in [0.29, 0.717) is 18.7 Å². The predicted octanol–water partition coefficient (Wildman–Crippen LogP) is 1.02. The van der Waals surface area contributed by atoms with E-state index in [2.05, 4.69) is 5.32 Å². The first kappa shape index (κ1) is 20.4. The lowest BCUT2D eigenvalue weighted by molar-refractivity contribution is -0.899. The summed E-state index contributed by atoms with van der Waals surface area (Å²) in [4.78, 5) is 26.8. The minimum atomic E-state index is -4.48. The molecule has 2 aliphatic heterocycles. The van der Waals surface area contributed by atoms with Crippen LogP contribution in [0.4, 0.5) is 24.5 Å². The second-order valence-electron chi connectivity index (χ2n) is 7.59. The number of nitrogens with one attached hydrogen (secondary N) is 2. The number of primary amides is 1. The fourth-order valence-electron chi connectivity index (χ4n) is 4.02. The van der Waals surface area contributed by atoms with Crippen LogP contribution in [0.5, 0.6) is 0 Å². The van der Waals surface area contributed by atoms with Crippen LogP contribution in [-0.4, -0.2) is 44.5 Å². The van der Waals surface area contributed by atoms with Gasteiger partial charge in [-0.05, 0) is 43.9 Å². The number of nitrogens with zero attached hydrogens (tertiary/aromatic N) is 1. The molecule has 2 aliphatic rings. The topological polar surface area (TPSA) is 79.9 Å². The monoisotopic (exact) mass is 399 g/mol. The summed E-state index contributed by atoms with van der Waals surface area (Å²) >= 11 is 0. The minimum absolute atomic E-state index is 0.0967. The lowest BCUT2D eigenvalue weighted by atomic mass is 9.97. The first-order valence-electron chi connectivity index (χ1n) is 9.63. The maximum atomic E-state index is 13.1. The summed E-state index contributed by atoms with van der Waals surface area (Å²) < 4.78 is 39.4. The zero-order chi connectivity index (χ0) is 20.3. The molecule has 0 bridgehead atoms. The molecule has 0 radical (unpaired) electrons. The molecule has 9 heteroatoms. The zero-order valence-corrected chi connectivity index (χ0v) is 15.6. The molecule has 0 saturated carbocycles. The number of carbonyl (C=O) groups excluding carboxylic acids is 2. The average molecular weight is 399 g/mol. The Hall–Kier alpha value is -2.29. The van der Waals surface area contributed by atoms with Crippen molar-refractivity contribution in [1.29, 1.82) is 0 Å². The van der Waals surface area contributed by atoms with Crippen LogP contribution in [0.2, 0.25) is 0 Å². The Balaban J connectivity index is 1.73. The Labute approximate surface area is 161 Å². The molecule has 28 heavy (non-hydrogen) atoms. The van der Waals surface area contributed by atoms with Gasteiger partial charge in [0.15, 0.2) is 6.54 Å². The first-order chi connectivity index (χ1) is 13.2. The molecular weight excluding hydrogens is 373 g/mol. The summed E-state index contributed by atoms with van der Waals surface area (Å²) in [5.41, 5.74) is 5.38. The second kappa shape index (κ2) is 8.38. The van der Waals surface area contributed by atoms with Gasteiger partial charge in [0.1, 0.15) is 0 Å². The second-order valence-corrected chi connectivity index (χ2v) is 7.59. The lowest BCUT2D eigenvalue weighted by Crippen LogP contribution is -3.14. The number of alkyl halides is 3. The molecule has 3 rings (SSSR count). The highest BCUT2D eigenvalue weighted by atomic mass is 19.4. The number of amides is 2. The normalized spacial score (nSPS) is 22.9. The van der Waals surface area contributed by atoms with Gasteiger partial charge in [-0.2, -0.15) is 13.2 Å². The van der Waals surface area contributed by atoms with Crippen LogP contribution < -0.4 is 20.9 Å². The van der Waals surface area contributed by atoms with Gasteiger partial charge in [0.05, 0.1) is 35.9 Å². The molecule has 1 aromatic carbocycles. The smallest absolute Gasteiger partial charge is 0.370 e. The van der Waals surface area contributed by atoms with Crippen molar-refractivity contribution in [1.82, 2.24) is 0 Å². The van der Waals surface area contributed by atoms with Crippen molar-refractivity contribution >= 4 is 23.2 Å². The number of hydrogen-bond donors (Lipinski definition) is 3. The van der Waals surface area contributed by atoms with Gasteiger partial charge in [0.25, 0.3) is 5.91 Å². The highest BCUT2D eigenvalue weighted by Gasteiger charge is 2.32. The van der Waals surface area contributed by atoms with Crippen molar-refractivity contribution in [3.05, 3.63) is 23.8 Å². The summed E-state index contributed by atoms with van der Waals surface area (Å²) in [6.45, 7) is 2.82. The minimum Gasteiger partial charge on any atom is -0.370 e. The van der Waals surface area contributed by atoms with Crippen molar-refractivity contribution in [2.24, 2.45) is 11.7 Å². The molecule has 0 aromatic heterocycles. The van der Waals surface area contributed by atoms with Crippen LogP contribution in [0, 0.1) is 5.92 Å². The average Bonchev–Trinajstić information content (AvgIpc) is 3.15. The third-order valence-electron chi connectivity index (χ3n) is 5.48. The quantitative estimate of drug-likeness (QED) is 0.692. The number of hydrogen-bond acceptors (Lipinski definition) is 3. The summed E-state index contributed by atoms with van der Waals surface area (Å²) in [6, 6.07) is 3.49. The number of benzene rings is 1. The van der Waals surface area contributed by atoms with Crippen LogP contribution >= 0.6 is 0 Å². The van der Waals surface area contributed by atoms with Crippen molar-refractivity contribution < 1.29 is 27.7 Å². The van der Waals surface area contributed by atoms with Crippen molar-refractivity contribution in [2.75, 3.05) is 42.9 Å². The molecule has 4 N–H and O–H groups in total. The van der Waals surface area contributed by atoms with E-state index in [9.17, 15) is 22.8 Å². The third kappa shape index (κ3) is 4.95. The molecule has 2 atom stereocenters. The van der Waals surface area contributed by atoms with Gasteiger partial charge in [-0.1, -0.05) is 0 Å². The molecule has 154 valence electrons. The molecule has 0 aliphatic carbocycles. The highest BCUT2D eigenvalue weighted by Crippen LogP contribution is 2.36. The number of quaternary nitrogens is 1. The Kier molecular flexibility index (Phi) is 6.12. The molecular formula is C19H26F3N4O2+. The molecule has 1 aromatic rings. The Bertz CT molecular complexity index is 732. The van der Waals surface area contributed by atoms with Gasteiger partial charge < -0.3 is 20.9 Å². The maximum Gasteiger partial charge on any atom is 0.416 e. The standard InChI is InChI=1S/C19H25F3N4O2/c20-19(21,22)14-5-6-16(26-8-1-2-9-26)15(10-14)24-17(27)12-25-7-3-4-13(11-25)18(23)28/h5-6,10,13H,1-4,7-9,11-12H2,(H2,23,28)(H,24,27)/p+1/t13-/m0/s1. The third-order valence-corrected chi connectivity index (χ3v) is 5.48. The highest BCUT2D eigenvalue weighted by molar-refractivity contribution is 5.95. The van der Waals surface area contributed by atoms with Gasteiger partial charge in [-0.15, -0.1) is 0 Å². The Morgan fingerprint density at radius 2 is 1.93 bits per heavy atom. The number of likely N-dealkylation sites (tertiary alicyclic amines) is 1. The van der Waals surface area contributed by atoms with Crippen LogP contribution in [-0.2, 0) is 15.8 Å². The van der Waals surface area contributed by atoms with E-state index in [1.54, 1.807) is 0 Å². The first-order valence-corrected chi connectivity index (χ1v) is 9.63. The fraction of sp³-hybridized carbons (Fsp3) is 0.579. The van der Waals surface area contributed by atoms with Crippen LogP contribution in [0.25, 0.3) is 0 Å². The molecule has 2 heterocycles. The number of rotatable bonds is 5. The number of nitrogens with two attached hydrogens (primary N) is 1. The van der Waals surface area contributed by atoms with Gasteiger partial charge in [-0.3, -0.25) is 9.59 Å². The zero-order valence-electron chi connectivity index (χ0n) is 15.6. The number of halogens is 3. The molecule has 2 fully saturated rings. The summed E-state index contributed by atoms with van der Waals surface area (Å²) in [5.74, 6) is -0.989. The van der Waals surface area contributed by atoms with Crippen LogP contribution in [0.3, 0.4) is 0 Å².